The van der Waals surface area contributed by atoms with Gasteiger partial charge in [-0.3, -0.25) is 0 Å². The van der Waals surface area contributed by atoms with Crippen molar-refractivity contribution in [3.05, 3.63) is 45.8 Å². The largest absolute Gasteiger partial charge is 0.465 e. The molecule has 2 N–H and O–H groups in total. The third kappa shape index (κ3) is 3.64. The van der Waals surface area contributed by atoms with Gasteiger partial charge in [-0.2, -0.15) is 0 Å². The number of thiocarbonyl (C=S) groups is 1. The Hall–Kier alpha value is -1.92. The van der Waals surface area contributed by atoms with Crippen molar-refractivity contribution in [3.63, 3.8) is 0 Å². The molecular weight excluding hydrogens is 316 g/mol. The molecule has 6 heteroatoms. The van der Waals surface area contributed by atoms with Crippen LogP contribution in [-0.2, 0) is 4.74 Å². The van der Waals surface area contributed by atoms with E-state index in [0.717, 1.165) is 21.7 Å². The first-order valence-corrected chi connectivity index (χ1v) is 7.97. The lowest BCUT2D eigenvalue weighted by molar-refractivity contribution is 0.0601. The average Bonchev–Trinajstić information content (AvgIpc) is 2.72. The van der Waals surface area contributed by atoms with Crippen LogP contribution in [0.2, 0.25) is 0 Å². The SMILES string of the molecule is COC(=O)c1c(NC(=S)Nc2cccc(C)c2)sc(C)c1C. The van der Waals surface area contributed by atoms with E-state index in [2.05, 4.69) is 10.6 Å². The fraction of sp³-hybridized carbons (Fsp3) is 0.250. The molecule has 0 radical (unpaired) electrons. The molecule has 4 nitrogen and oxygen atoms in total. The molecule has 116 valence electrons. The molecule has 22 heavy (non-hydrogen) atoms. The summed E-state index contributed by atoms with van der Waals surface area (Å²) in [6, 6.07) is 7.91. The molecule has 2 aromatic rings. The van der Waals surface area contributed by atoms with Crippen molar-refractivity contribution in [2.24, 2.45) is 0 Å². The highest BCUT2D eigenvalue weighted by Gasteiger charge is 2.20. The van der Waals surface area contributed by atoms with Gasteiger partial charge in [0.2, 0.25) is 0 Å². The summed E-state index contributed by atoms with van der Waals surface area (Å²) in [6.07, 6.45) is 0. The van der Waals surface area contributed by atoms with Gasteiger partial charge in [-0.15, -0.1) is 11.3 Å². The molecule has 1 heterocycles. The fourth-order valence-corrected chi connectivity index (χ4v) is 3.39. The molecular formula is C16H18N2O2S2. The van der Waals surface area contributed by atoms with Crippen LogP contribution in [0.15, 0.2) is 24.3 Å². The van der Waals surface area contributed by atoms with Gasteiger partial charge < -0.3 is 15.4 Å². The third-order valence-electron chi connectivity index (χ3n) is 3.28. The molecule has 0 saturated heterocycles. The Bertz CT molecular complexity index is 723. The highest BCUT2D eigenvalue weighted by molar-refractivity contribution is 7.80. The van der Waals surface area contributed by atoms with Crippen LogP contribution in [-0.4, -0.2) is 18.2 Å². The summed E-state index contributed by atoms with van der Waals surface area (Å²) in [5.41, 5.74) is 3.50. The highest BCUT2D eigenvalue weighted by atomic mass is 32.1. The monoisotopic (exact) mass is 334 g/mol. The summed E-state index contributed by atoms with van der Waals surface area (Å²) in [7, 11) is 1.38. The first-order chi connectivity index (χ1) is 10.4. The Morgan fingerprint density at radius 2 is 1.95 bits per heavy atom. The van der Waals surface area contributed by atoms with E-state index in [4.69, 9.17) is 17.0 Å². The molecule has 0 unspecified atom stereocenters. The quantitative estimate of drug-likeness (QED) is 0.648. The van der Waals surface area contributed by atoms with Gasteiger partial charge in [0.05, 0.1) is 12.7 Å². The minimum atomic E-state index is -0.359. The lowest BCUT2D eigenvalue weighted by Gasteiger charge is -2.11. The van der Waals surface area contributed by atoms with Crippen molar-refractivity contribution in [2.45, 2.75) is 20.8 Å². The summed E-state index contributed by atoms with van der Waals surface area (Å²) in [5, 5.41) is 7.35. The van der Waals surface area contributed by atoms with Crippen LogP contribution in [0.25, 0.3) is 0 Å². The number of nitrogens with one attached hydrogen (secondary N) is 2. The summed E-state index contributed by atoms with van der Waals surface area (Å²) < 4.78 is 4.85. The van der Waals surface area contributed by atoms with Gasteiger partial charge in [-0.1, -0.05) is 12.1 Å². The van der Waals surface area contributed by atoms with Crippen LogP contribution in [0.3, 0.4) is 0 Å². The molecule has 0 amide bonds. The van der Waals surface area contributed by atoms with Crippen molar-refractivity contribution < 1.29 is 9.53 Å². The van der Waals surface area contributed by atoms with E-state index in [0.29, 0.717) is 15.7 Å². The van der Waals surface area contributed by atoms with E-state index in [1.54, 1.807) is 0 Å². The molecule has 0 saturated carbocycles. The Kier molecular flexibility index (Phi) is 5.15. The zero-order chi connectivity index (χ0) is 16.3. The lowest BCUT2D eigenvalue weighted by atomic mass is 10.1. The predicted molar refractivity (Wildman–Crippen MR) is 96.2 cm³/mol. The number of ether oxygens (including phenoxy) is 1. The number of methoxy groups -OCH3 is 1. The van der Waals surface area contributed by atoms with E-state index < -0.39 is 0 Å². The second-order valence-corrected chi connectivity index (χ2v) is 6.56. The van der Waals surface area contributed by atoms with E-state index >= 15 is 0 Å². The van der Waals surface area contributed by atoms with Gasteiger partial charge in [0.15, 0.2) is 5.11 Å². The third-order valence-corrected chi connectivity index (χ3v) is 4.60. The minimum Gasteiger partial charge on any atom is -0.465 e. The maximum atomic E-state index is 11.9. The number of rotatable bonds is 3. The van der Waals surface area contributed by atoms with Crippen molar-refractivity contribution in [1.29, 1.82) is 0 Å². The van der Waals surface area contributed by atoms with Crippen molar-refractivity contribution >= 4 is 45.3 Å². The Morgan fingerprint density at radius 1 is 1.23 bits per heavy atom. The van der Waals surface area contributed by atoms with Crippen LogP contribution in [0.4, 0.5) is 10.7 Å². The summed E-state index contributed by atoms with van der Waals surface area (Å²) in [5.74, 6) is -0.359. The number of carbonyl (C=O) groups is 1. The van der Waals surface area contributed by atoms with Crippen LogP contribution in [0, 0.1) is 20.8 Å². The highest BCUT2D eigenvalue weighted by Crippen LogP contribution is 2.33. The zero-order valence-electron chi connectivity index (χ0n) is 12.9. The van der Waals surface area contributed by atoms with Crippen molar-refractivity contribution in [1.82, 2.24) is 0 Å². The summed E-state index contributed by atoms with van der Waals surface area (Å²) in [4.78, 5) is 13.0. The number of hydrogen-bond acceptors (Lipinski definition) is 4. The normalized spacial score (nSPS) is 10.2. The fourth-order valence-electron chi connectivity index (χ4n) is 2.05. The first kappa shape index (κ1) is 16.5. The van der Waals surface area contributed by atoms with Crippen molar-refractivity contribution in [2.75, 3.05) is 17.7 Å². The Morgan fingerprint density at radius 3 is 2.59 bits per heavy atom. The smallest absolute Gasteiger partial charge is 0.341 e. The lowest BCUT2D eigenvalue weighted by Crippen LogP contribution is -2.20. The number of anilines is 2. The van der Waals surface area contributed by atoms with Crippen LogP contribution in [0.1, 0.15) is 26.4 Å². The molecule has 0 aliphatic carbocycles. The molecule has 0 atom stereocenters. The number of esters is 1. The number of benzene rings is 1. The van der Waals surface area contributed by atoms with E-state index in [1.165, 1.54) is 18.4 Å². The molecule has 0 aliphatic rings. The second-order valence-electron chi connectivity index (χ2n) is 4.93. The predicted octanol–water partition coefficient (Wildman–Crippen LogP) is 4.27. The molecule has 0 fully saturated rings. The Balaban J connectivity index is 2.18. The van der Waals surface area contributed by atoms with Gasteiger partial charge in [0, 0.05) is 10.6 Å². The van der Waals surface area contributed by atoms with Gasteiger partial charge in [-0.25, -0.2) is 4.79 Å². The number of carbonyl (C=O) groups excluding carboxylic acids is 1. The molecule has 1 aromatic carbocycles. The number of thiophene rings is 1. The van der Waals surface area contributed by atoms with Crippen LogP contribution >= 0.6 is 23.6 Å². The topological polar surface area (TPSA) is 50.4 Å². The van der Waals surface area contributed by atoms with Gasteiger partial charge in [0.25, 0.3) is 0 Å². The molecule has 1 aromatic heterocycles. The van der Waals surface area contributed by atoms with Gasteiger partial charge in [0.1, 0.15) is 5.00 Å². The number of hydrogen-bond donors (Lipinski definition) is 2. The second kappa shape index (κ2) is 6.89. The summed E-state index contributed by atoms with van der Waals surface area (Å²) in [6.45, 7) is 5.89. The zero-order valence-corrected chi connectivity index (χ0v) is 14.6. The molecule has 2 rings (SSSR count). The minimum absolute atomic E-state index is 0.359. The maximum Gasteiger partial charge on any atom is 0.341 e. The Labute approximate surface area is 139 Å². The van der Waals surface area contributed by atoms with Crippen LogP contribution < -0.4 is 10.6 Å². The van der Waals surface area contributed by atoms with Gasteiger partial charge >= 0.3 is 5.97 Å². The molecule has 0 aliphatic heterocycles. The maximum absolute atomic E-state index is 11.9. The van der Waals surface area contributed by atoms with Crippen molar-refractivity contribution in [3.8, 4) is 0 Å². The average molecular weight is 334 g/mol. The first-order valence-electron chi connectivity index (χ1n) is 6.75. The molecule has 0 bridgehead atoms. The standard InChI is InChI=1S/C16H18N2O2S2/c1-9-6-5-7-12(8-9)17-16(21)18-14-13(15(19)20-4)10(2)11(3)22-14/h5-8H,1-4H3,(H2,17,18,21). The van der Waals surface area contributed by atoms with Gasteiger partial charge in [-0.05, 0) is 56.2 Å². The van der Waals surface area contributed by atoms with Crippen LogP contribution in [0.5, 0.6) is 0 Å². The molecule has 0 spiro atoms. The summed E-state index contributed by atoms with van der Waals surface area (Å²) >= 11 is 6.82. The van der Waals surface area contributed by atoms with E-state index in [1.807, 2.05) is 45.0 Å². The number of aryl methyl sites for hydroxylation is 2. The van der Waals surface area contributed by atoms with E-state index in [-0.39, 0.29) is 5.97 Å². The van der Waals surface area contributed by atoms with E-state index in [9.17, 15) is 4.79 Å².